The van der Waals surface area contributed by atoms with Crippen molar-refractivity contribution in [2.45, 2.75) is 57.5 Å². The number of hydrogen-bond acceptors (Lipinski definition) is 5. The molecular formula is C19H23F6N5O2. The van der Waals surface area contributed by atoms with Crippen LogP contribution in [0.3, 0.4) is 0 Å². The van der Waals surface area contributed by atoms with Crippen molar-refractivity contribution in [3.63, 3.8) is 0 Å². The van der Waals surface area contributed by atoms with Gasteiger partial charge in [-0.3, -0.25) is 9.59 Å². The van der Waals surface area contributed by atoms with Gasteiger partial charge in [0.25, 0.3) is 0 Å². The number of nitrogens with two attached hydrogens (primary N) is 1. The van der Waals surface area contributed by atoms with Gasteiger partial charge in [-0.25, -0.2) is 9.97 Å². The molecule has 2 aliphatic heterocycles. The Morgan fingerprint density at radius 3 is 2.44 bits per heavy atom. The quantitative estimate of drug-likeness (QED) is 0.687. The first kappa shape index (κ1) is 24.2. The van der Waals surface area contributed by atoms with E-state index in [2.05, 4.69) is 9.97 Å². The van der Waals surface area contributed by atoms with Crippen molar-refractivity contribution < 1.29 is 35.9 Å². The fourth-order valence-electron chi connectivity index (χ4n) is 3.93. The lowest BCUT2D eigenvalue weighted by Gasteiger charge is -2.33. The van der Waals surface area contributed by atoms with E-state index in [0.29, 0.717) is 13.0 Å². The van der Waals surface area contributed by atoms with Gasteiger partial charge in [0.2, 0.25) is 17.6 Å². The molecule has 0 aromatic carbocycles. The van der Waals surface area contributed by atoms with Crippen molar-refractivity contribution in [2.75, 3.05) is 19.6 Å². The minimum Gasteiger partial charge on any atom is -0.341 e. The Balaban J connectivity index is 1.71. The van der Waals surface area contributed by atoms with E-state index in [9.17, 15) is 35.9 Å². The van der Waals surface area contributed by atoms with Gasteiger partial charge in [-0.2, -0.15) is 26.3 Å². The number of aromatic nitrogens is 2. The van der Waals surface area contributed by atoms with E-state index >= 15 is 0 Å². The SMILES string of the molecule is CC1CCN(C[C@@H](N)CC(=O)N2CCc3c(nc(C(F)(F)F)nc3C(F)(F)F)C2)C(=O)C1. The number of carbonyl (C=O) groups is 2. The molecule has 0 radical (unpaired) electrons. The van der Waals surface area contributed by atoms with Crippen LogP contribution in [0.2, 0.25) is 0 Å². The topological polar surface area (TPSA) is 92.4 Å². The summed E-state index contributed by atoms with van der Waals surface area (Å²) in [6.07, 6.45) is -9.56. The van der Waals surface area contributed by atoms with Crippen LogP contribution in [0.5, 0.6) is 0 Å². The molecule has 3 rings (SSSR count). The summed E-state index contributed by atoms with van der Waals surface area (Å²) in [7, 11) is 0. The third-order valence-electron chi connectivity index (χ3n) is 5.60. The molecule has 2 amide bonds. The van der Waals surface area contributed by atoms with E-state index in [0.717, 1.165) is 11.3 Å². The zero-order chi connectivity index (χ0) is 23.8. The first-order chi connectivity index (χ1) is 14.8. The summed E-state index contributed by atoms with van der Waals surface area (Å²) in [5, 5.41) is 0. The van der Waals surface area contributed by atoms with Gasteiger partial charge in [-0.15, -0.1) is 0 Å². The van der Waals surface area contributed by atoms with E-state index in [1.807, 2.05) is 6.92 Å². The molecule has 0 aliphatic carbocycles. The van der Waals surface area contributed by atoms with Crippen LogP contribution in [0, 0.1) is 5.92 Å². The second kappa shape index (κ2) is 8.83. The zero-order valence-corrected chi connectivity index (χ0v) is 17.3. The zero-order valence-electron chi connectivity index (χ0n) is 17.3. The fourth-order valence-corrected chi connectivity index (χ4v) is 3.93. The van der Waals surface area contributed by atoms with Gasteiger partial charge in [0.05, 0.1) is 12.2 Å². The van der Waals surface area contributed by atoms with Gasteiger partial charge in [-0.05, 0) is 18.8 Å². The largest absolute Gasteiger partial charge is 0.451 e. The van der Waals surface area contributed by atoms with E-state index in [-0.39, 0.29) is 37.8 Å². The molecule has 1 aromatic rings. The number of likely N-dealkylation sites (tertiary alicyclic amines) is 1. The summed E-state index contributed by atoms with van der Waals surface area (Å²) in [5.74, 6) is -2.21. The van der Waals surface area contributed by atoms with Crippen molar-refractivity contribution in [2.24, 2.45) is 11.7 Å². The Kier molecular flexibility index (Phi) is 6.68. The Bertz CT molecular complexity index is 888. The first-order valence-electron chi connectivity index (χ1n) is 10.1. The summed E-state index contributed by atoms with van der Waals surface area (Å²) in [5.41, 5.74) is 3.46. The highest BCUT2D eigenvalue weighted by Crippen LogP contribution is 2.36. The Morgan fingerprint density at radius 1 is 1.16 bits per heavy atom. The summed E-state index contributed by atoms with van der Waals surface area (Å²) in [6, 6.07) is -0.705. The maximum absolute atomic E-state index is 13.3. The molecule has 178 valence electrons. The molecule has 1 fully saturated rings. The highest BCUT2D eigenvalue weighted by molar-refractivity contribution is 5.78. The van der Waals surface area contributed by atoms with Crippen molar-refractivity contribution in [3.8, 4) is 0 Å². The number of halogens is 6. The molecule has 2 aliphatic rings. The summed E-state index contributed by atoms with van der Waals surface area (Å²) >= 11 is 0. The molecule has 7 nitrogen and oxygen atoms in total. The van der Waals surface area contributed by atoms with Crippen LogP contribution in [0.1, 0.15) is 49.0 Å². The van der Waals surface area contributed by atoms with Crippen molar-refractivity contribution in [1.29, 1.82) is 0 Å². The standard InChI is InChI=1S/C19H23F6N5O2/c1-10-2-4-29(14(31)6-10)8-11(26)7-15(32)30-5-3-12-13(9-30)27-17(19(23,24)25)28-16(12)18(20,21)22/h10-11H,2-9,26H2,1H3/t10?,11-/m0/s1. The van der Waals surface area contributed by atoms with Crippen molar-refractivity contribution in [1.82, 2.24) is 19.8 Å². The Labute approximate surface area is 180 Å². The molecule has 1 unspecified atom stereocenters. The maximum Gasteiger partial charge on any atom is 0.451 e. The van der Waals surface area contributed by atoms with Crippen LogP contribution in [-0.4, -0.2) is 57.3 Å². The molecule has 2 N–H and O–H groups in total. The molecule has 32 heavy (non-hydrogen) atoms. The lowest BCUT2D eigenvalue weighted by Crippen LogP contribution is -2.47. The number of carbonyl (C=O) groups excluding carboxylic acids is 2. The average Bonchev–Trinajstić information content (AvgIpc) is 2.67. The predicted molar refractivity (Wildman–Crippen MR) is 98.7 cm³/mol. The first-order valence-corrected chi connectivity index (χ1v) is 10.1. The Hall–Kier alpha value is -2.44. The number of fused-ring (bicyclic) bond motifs is 1. The van der Waals surface area contributed by atoms with Gasteiger partial charge >= 0.3 is 12.4 Å². The molecule has 0 saturated carbocycles. The Morgan fingerprint density at radius 2 is 1.84 bits per heavy atom. The van der Waals surface area contributed by atoms with Crippen LogP contribution in [0.4, 0.5) is 26.3 Å². The third kappa shape index (κ3) is 5.48. The molecule has 0 bridgehead atoms. The molecule has 1 saturated heterocycles. The van der Waals surface area contributed by atoms with Crippen LogP contribution >= 0.6 is 0 Å². The molecular weight excluding hydrogens is 444 g/mol. The molecule has 13 heteroatoms. The second-order valence-electron chi connectivity index (χ2n) is 8.28. The lowest BCUT2D eigenvalue weighted by atomic mass is 9.98. The monoisotopic (exact) mass is 467 g/mol. The number of nitrogens with zero attached hydrogens (tertiary/aromatic N) is 4. The lowest BCUT2D eigenvalue weighted by molar-refractivity contribution is -0.153. The molecule has 2 atom stereocenters. The molecule has 0 spiro atoms. The average molecular weight is 467 g/mol. The van der Waals surface area contributed by atoms with Crippen LogP contribution in [0.15, 0.2) is 0 Å². The van der Waals surface area contributed by atoms with E-state index < -0.39 is 53.6 Å². The second-order valence-corrected chi connectivity index (χ2v) is 8.28. The third-order valence-corrected chi connectivity index (χ3v) is 5.60. The number of hydrogen-bond donors (Lipinski definition) is 1. The van der Waals surface area contributed by atoms with Gasteiger partial charge in [0.1, 0.15) is 0 Å². The molecule has 3 heterocycles. The summed E-state index contributed by atoms with van der Waals surface area (Å²) in [6.45, 7) is 2.01. The van der Waals surface area contributed by atoms with Crippen LogP contribution in [-0.2, 0) is 34.9 Å². The maximum atomic E-state index is 13.3. The van der Waals surface area contributed by atoms with Gasteiger partial charge in [0, 0.05) is 44.1 Å². The van der Waals surface area contributed by atoms with Gasteiger partial charge in [-0.1, -0.05) is 6.92 Å². The summed E-state index contributed by atoms with van der Waals surface area (Å²) in [4.78, 5) is 33.4. The highest BCUT2D eigenvalue weighted by atomic mass is 19.4. The van der Waals surface area contributed by atoms with Gasteiger partial charge in [0.15, 0.2) is 5.69 Å². The van der Waals surface area contributed by atoms with E-state index in [4.69, 9.17) is 5.73 Å². The fraction of sp³-hybridized carbons (Fsp3) is 0.684. The molecule has 1 aromatic heterocycles. The van der Waals surface area contributed by atoms with Crippen LogP contribution < -0.4 is 5.73 Å². The van der Waals surface area contributed by atoms with E-state index in [1.165, 1.54) is 0 Å². The minimum atomic E-state index is -5.16. The normalized spacial score (nSPS) is 20.9. The van der Waals surface area contributed by atoms with Crippen molar-refractivity contribution in [3.05, 3.63) is 22.8 Å². The number of alkyl halides is 6. The number of piperidine rings is 1. The number of amides is 2. The minimum absolute atomic E-state index is 0.0605. The smallest absolute Gasteiger partial charge is 0.341 e. The van der Waals surface area contributed by atoms with Crippen molar-refractivity contribution >= 4 is 11.8 Å². The highest BCUT2D eigenvalue weighted by Gasteiger charge is 2.43. The summed E-state index contributed by atoms with van der Waals surface area (Å²) < 4.78 is 78.8. The van der Waals surface area contributed by atoms with Crippen LogP contribution in [0.25, 0.3) is 0 Å². The number of rotatable bonds is 4. The van der Waals surface area contributed by atoms with Gasteiger partial charge < -0.3 is 15.5 Å². The predicted octanol–water partition coefficient (Wildman–Crippen LogP) is 2.37. The van der Waals surface area contributed by atoms with E-state index in [1.54, 1.807) is 4.90 Å².